The average molecular weight is 309 g/mol. The van der Waals surface area contributed by atoms with Gasteiger partial charge in [0.1, 0.15) is 0 Å². The Labute approximate surface area is 131 Å². The molecule has 0 radical (unpaired) electrons. The molecule has 3 atom stereocenters. The fraction of sp³-hybridized carbons (Fsp3) is 0.889. The summed E-state index contributed by atoms with van der Waals surface area (Å²) in [6, 6.07) is 1.21. The molecule has 3 aliphatic rings. The molecule has 1 aliphatic heterocycles. The van der Waals surface area contributed by atoms with Crippen molar-refractivity contribution < 1.29 is 8.85 Å². The Hall–Kier alpha value is -0.123. The Balaban J connectivity index is 1.55. The molecule has 0 aromatic heterocycles. The van der Waals surface area contributed by atoms with E-state index in [2.05, 4.69) is 32.5 Å². The molecule has 120 valence electrons. The summed E-state index contributed by atoms with van der Waals surface area (Å²) >= 11 is 0. The van der Waals surface area contributed by atoms with Gasteiger partial charge in [-0.15, -0.1) is 0 Å². The van der Waals surface area contributed by atoms with Crippen LogP contribution < -0.4 is 0 Å². The molecule has 1 heterocycles. The van der Waals surface area contributed by atoms with Gasteiger partial charge in [0, 0.05) is 18.6 Å². The summed E-state index contributed by atoms with van der Waals surface area (Å²) < 4.78 is 12.9. The maximum absolute atomic E-state index is 6.43. The van der Waals surface area contributed by atoms with Crippen LogP contribution in [0.1, 0.15) is 52.4 Å². The minimum Gasteiger partial charge on any atom is -0.394 e. The van der Waals surface area contributed by atoms with Crippen LogP contribution in [0, 0.1) is 23.2 Å². The maximum atomic E-state index is 6.43. The Morgan fingerprint density at radius 1 is 1.14 bits per heavy atom. The van der Waals surface area contributed by atoms with E-state index in [1.54, 1.807) is 0 Å². The zero-order valence-electron chi connectivity index (χ0n) is 14.1. The number of allylic oxidation sites excluding steroid dienone is 2. The van der Waals surface area contributed by atoms with E-state index in [9.17, 15) is 0 Å². The highest BCUT2D eigenvalue weighted by Gasteiger charge is 2.47. The lowest BCUT2D eigenvalue weighted by molar-refractivity contribution is -0.0190. The molecule has 0 aromatic rings. The van der Waals surface area contributed by atoms with Crippen molar-refractivity contribution in [2.75, 3.05) is 13.2 Å². The predicted octanol–water partition coefficient (Wildman–Crippen LogP) is 4.90. The summed E-state index contributed by atoms with van der Waals surface area (Å²) in [6.45, 7) is 8.77. The van der Waals surface area contributed by atoms with Gasteiger partial charge in [0.2, 0.25) is 0 Å². The van der Waals surface area contributed by atoms with Gasteiger partial charge in [-0.25, -0.2) is 0 Å². The van der Waals surface area contributed by atoms with E-state index in [4.69, 9.17) is 8.85 Å². The molecule has 0 N–H and O–H groups in total. The molecule has 2 nitrogen and oxygen atoms in total. The van der Waals surface area contributed by atoms with Crippen molar-refractivity contribution in [3.63, 3.8) is 0 Å². The largest absolute Gasteiger partial charge is 0.394 e. The molecular weight excluding hydrogens is 276 g/mol. The summed E-state index contributed by atoms with van der Waals surface area (Å²) in [4.78, 5) is 0. The molecule has 1 saturated heterocycles. The Bertz CT molecular complexity index is 385. The van der Waals surface area contributed by atoms with E-state index in [1.165, 1.54) is 44.6 Å². The van der Waals surface area contributed by atoms with E-state index < -0.39 is 8.56 Å². The van der Waals surface area contributed by atoms with Gasteiger partial charge in [-0.1, -0.05) is 38.8 Å². The fourth-order valence-corrected chi connectivity index (χ4v) is 7.46. The first kappa shape index (κ1) is 15.8. The van der Waals surface area contributed by atoms with Crippen molar-refractivity contribution in [1.82, 2.24) is 0 Å². The van der Waals surface area contributed by atoms with Crippen LogP contribution in [-0.2, 0) is 8.85 Å². The summed E-state index contributed by atoms with van der Waals surface area (Å²) in [7, 11) is -1.92. The van der Waals surface area contributed by atoms with E-state index >= 15 is 0 Å². The second-order valence-corrected chi connectivity index (χ2v) is 11.2. The Morgan fingerprint density at radius 2 is 1.90 bits per heavy atom. The van der Waals surface area contributed by atoms with Gasteiger partial charge in [-0.2, -0.15) is 0 Å². The average Bonchev–Trinajstić information content (AvgIpc) is 3.10. The molecule has 2 aliphatic carbocycles. The summed E-state index contributed by atoms with van der Waals surface area (Å²) in [5, 5.41) is 0. The van der Waals surface area contributed by atoms with E-state index in [-0.39, 0.29) is 0 Å². The number of fused-ring (bicyclic) bond motifs is 2. The van der Waals surface area contributed by atoms with Gasteiger partial charge < -0.3 is 8.85 Å². The van der Waals surface area contributed by atoms with Gasteiger partial charge in [0.15, 0.2) is 0 Å². The maximum Gasteiger partial charge on any atom is 0.335 e. The van der Waals surface area contributed by atoms with Crippen molar-refractivity contribution >= 4 is 8.56 Å². The monoisotopic (exact) mass is 308 g/mol. The van der Waals surface area contributed by atoms with Gasteiger partial charge in [0.05, 0.1) is 0 Å². The first-order valence-electron chi connectivity index (χ1n) is 9.04. The lowest BCUT2D eigenvalue weighted by Crippen LogP contribution is -2.52. The highest BCUT2D eigenvalue weighted by Crippen LogP contribution is 2.48. The quantitative estimate of drug-likeness (QED) is 0.513. The zero-order valence-corrected chi connectivity index (χ0v) is 15.1. The van der Waals surface area contributed by atoms with Crippen LogP contribution in [0.5, 0.6) is 0 Å². The molecule has 2 bridgehead atoms. The Kier molecular flexibility index (Phi) is 4.63. The van der Waals surface area contributed by atoms with Crippen LogP contribution in [0.15, 0.2) is 12.2 Å². The van der Waals surface area contributed by atoms with E-state index in [1.807, 2.05) is 0 Å². The van der Waals surface area contributed by atoms with Crippen LogP contribution in [0.4, 0.5) is 0 Å². The third-order valence-electron chi connectivity index (χ3n) is 6.23. The number of hydrogen-bond acceptors (Lipinski definition) is 2. The standard InChI is InChI=1S/C18H32O2Si/c1-4-6-9-18(5-2)13-19-21(3,20-14-18)12-17-11-15-7-8-16(17)10-15/h7-8,15-17H,4-6,9-14H2,1-3H3. The van der Waals surface area contributed by atoms with Gasteiger partial charge >= 0.3 is 8.56 Å². The highest BCUT2D eigenvalue weighted by atomic mass is 28.4. The predicted molar refractivity (Wildman–Crippen MR) is 89.4 cm³/mol. The minimum absolute atomic E-state index is 0.303. The molecule has 0 aromatic carbocycles. The fourth-order valence-electron chi connectivity index (χ4n) is 4.50. The third kappa shape index (κ3) is 3.30. The molecule has 21 heavy (non-hydrogen) atoms. The molecule has 0 amide bonds. The van der Waals surface area contributed by atoms with Gasteiger partial charge in [0.25, 0.3) is 0 Å². The number of rotatable bonds is 6. The molecular formula is C18H32O2Si. The topological polar surface area (TPSA) is 18.5 Å². The first-order valence-corrected chi connectivity index (χ1v) is 11.6. The molecule has 3 rings (SSSR count). The SMILES string of the molecule is CCCCC1(CC)CO[Si](C)(CC2CC3C=CC2C3)OC1. The molecule has 1 saturated carbocycles. The van der Waals surface area contributed by atoms with Crippen molar-refractivity contribution in [1.29, 1.82) is 0 Å². The molecule has 3 unspecified atom stereocenters. The molecule has 3 heteroatoms. The summed E-state index contributed by atoms with van der Waals surface area (Å²) in [5.41, 5.74) is 0.303. The number of hydrogen-bond donors (Lipinski definition) is 0. The lowest BCUT2D eigenvalue weighted by Gasteiger charge is -2.44. The van der Waals surface area contributed by atoms with Crippen LogP contribution in [0.3, 0.4) is 0 Å². The van der Waals surface area contributed by atoms with E-state index in [0.29, 0.717) is 5.41 Å². The third-order valence-corrected chi connectivity index (χ3v) is 9.00. The second-order valence-electron chi connectivity index (χ2n) is 7.91. The smallest absolute Gasteiger partial charge is 0.335 e. The lowest BCUT2D eigenvalue weighted by atomic mass is 9.82. The Morgan fingerprint density at radius 3 is 2.43 bits per heavy atom. The molecule has 2 fully saturated rings. The van der Waals surface area contributed by atoms with Crippen molar-refractivity contribution in [2.24, 2.45) is 23.2 Å². The zero-order chi connectivity index (χ0) is 14.9. The highest BCUT2D eigenvalue weighted by molar-refractivity contribution is 6.66. The van der Waals surface area contributed by atoms with Crippen LogP contribution in [0.2, 0.25) is 12.6 Å². The normalized spacial score (nSPS) is 45.4. The van der Waals surface area contributed by atoms with Crippen LogP contribution >= 0.6 is 0 Å². The first-order chi connectivity index (χ1) is 10.1. The second kappa shape index (κ2) is 6.17. The van der Waals surface area contributed by atoms with Crippen LogP contribution in [0.25, 0.3) is 0 Å². The van der Waals surface area contributed by atoms with Gasteiger partial charge in [-0.05, 0) is 56.0 Å². The van der Waals surface area contributed by atoms with E-state index in [0.717, 1.165) is 31.0 Å². The number of unbranched alkanes of at least 4 members (excludes halogenated alkanes) is 1. The van der Waals surface area contributed by atoms with Crippen LogP contribution in [-0.4, -0.2) is 21.8 Å². The van der Waals surface area contributed by atoms with Crippen molar-refractivity contribution in [3.05, 3.63) is 12.2 Å². The summed E-state index contributed by atoms with van der Waals surface area (Å²) in [5.74, 6) is 2.52. The summed E-state index contributed by atoms with van der Waals surface area (Å²) in [6.07, 6.45) is 12.7. The van der Waals surface area contributed by atoms with Gasteiger partial charge in [-0.3, -0.25) is 0 Å². The van der Waals surface area contributed by atoms with Crippen molar-refractivity contribution in [3.8, 4) is 0 Å². The minimum atomic E-state index is -1.92. The van der Waals surface area contributed by atoms with Crippen molar-refractivity contribution in [2.45, 2.75) is 65.0 Å². The molecule has 0 spiro atoms.